The van der Waals surface area contributed by atoms with Crippen LogP contribution in [-0.2, 0) is 6.42 Å². The Kier molecular flexibility index (Phi) is 3.37. The molecule has 1 atom stereocenters. The molecule has 1 unspecified atom stereocenters. The van der Waals surface area contributed by atoms with Crippen molar-refractivity contribution in [3.63, 3.8) is 0 Å². The zero-order valence-corrected chi connectivity index (χ0v) is 13.1. The number of carbonyl (C=O) groups is 1. The molecule has 1 aliphatic rings. The van der Waals surface area contributed by atoms with Crippen LogP contribution in [0.3, 0.4) is 0 Å². The summed E-state index contributed by atoms with van der Waals surface area (Å²) in [6.45, 7) is 2.47. The van der Waals surface area contributed by atoms with Gasteiger partial charge in [-0.3, -0.25) is 4.79 Å². The largest absolute Gasteiger partial charge is 0.351 e. The van der Waals surface area contributed by atoms with E-state index in [9.17, 15) is 13.6 Å². The first-order valence-electron chi connectivity index (χ1n) is 7.90. The van der Waals surface area contributed by atoms with Crippen molar-refractivity contribution in [1.29, 1.82) is 0 Å². The number of nitrogens with zero attached hydrogens (tertiary/aromatic N) is 1. The van der Waals surface area contributed by atoms with Gasteiger partial charge in [-0.1, -0.05) is 6.07 Å². The molecule has 3 aromatic rings. The summed E-state index contributed by atoms with van der Waals surface area (Å²) in [4.78, 5) is 17.6. The summed E-state index contributed by atoms with van der Waals surface area (Å²) in [5.74, 6) is -0.791. The molecule has 24 heavy (non-hydrogen) atoms. The first kappa shape index (κ1) is 14.9. The molecule has 1 amide bonds. The second-order valence-electron chi connectivity index (χ2n) is 6.18. The second kappa shape index (κ2) is 5.44. The number of aromatic amines is 1. The molecule has 1 aromatic heterocycles. The molecule has 1 aliphatic heterocycles. The van der Waals surface area contributed by atoms with E-state index in [1.807, 2.05) is 6.92 Å². The minimum atomic E-state index is -0.337. The van der Waals surface area contributed by atoms with E-state index < -0.39 is 0 Å². The van der Waals surface area contributed by atoms with Crippen LogP contribution in [0.5, 0.6) is 0 Å². The Morgan fingerprint density at radius 1 is 1.12 bits per heavy atom. The van der Waals surface area contributed by atoms with Gasteiger partial charge < -0.3 is 9.88 Å². The third-order valence-electron chi connectivity index (χ3n) is 4.72. The van der Waals surface area contributed by atoms with Gasteiger partial charge >= 0.3 is 0 Å². The second-order valence-corrected chi connectivity index (χ2v) is 6.18. The first-order chi connectivity index (χ1) is 11.5. The molecule has 0 spiro atoms. The number of H-pyrrole nitrogens is 1. The number of halogens is 2. The molecular formula is C19H16F2N2O. The average Bonchev–Trinajstić information content (AvgIpc) is 2.98. The highest BCUT2D eigenvalue weighted by atomic mass is 19.1. The van der Waals surface area contributed by atoms with Gasteiger partial charge in [0.25, 0.3) is 5.91 Å². The quantitative estimate of drug-likeness (QED) is 0.714. The van der Waals surface area contributed by atoms with E-state index in [1.54, 1.807) is 23.1 Å². The van der Waals surface area contributed by atoms with Crippen LogP contribution >= 0.6 is 0 Å². The van der Waals surface area contributed by atoms with Crippen molar-refractivity contribution in [3.8, 4) is 0 Å². The van der Waals surface area contributed by atoms with Crippen LogP contribution in [0.4, 0.5) is 8.78 Å². The molecule has 2 heterocycles. The fourth-order valence-corrected chi connectivity index (χ4v) is 3.44. The topological polar surface area (TPSA) is 36.1 Å². The minimum absolute atomic E-state index is 0.158. The molecule has 0 fully saturated rings. The van der Waals surface area contributed by atoms with Crippen LogP contribution in [0.15, 0.2) is 42.5 Å². The molecule has 5 heteroatoms. The number of carbonyl (C=O) groups excluding carboxylic acids is 1. The minimum Gasteiger partial charge on any atom is -0.351 e. The SMILES string of the molecule is CC1c2cc(F)ccc2CCN1C(=O)c1cc2cc(F)ccc2[nH]1. The maximum absolute atomic E-state index is 13.6. The van der Waals surface area contributed by atoms with Crippen LogP contribution in [0.2, 0.25) is 0 Å². The van der Waals surface area contributed by atoms with Crippen molar-refractivity contribution in [3.05, 3.63) is 70.9 Å². The Hall–Kier alpha value is -2.69. The van der Waals surface area contributed by atoms with Gasteiger partial charge in [0.05, 0.1) is 6.04 Å². The molecule has 0 aliphatic carbocycles. The summed E-state index contributed by atoms with van der Waals surface area (Å²) in [7, 11) is 0. The van der Waals surface area contributed by atoms with Crippen LogP contribution in [0.25, 0.3) is 10.9 Å². The lowest BCUT2D eigenvalue weighted by Crippen LogP contribution is -2.39. The molecule has 4 rings (SSSR count). The lowest BCUT2D eigenvalue weighted by atomic mass is 9.93. The Labute approximate surface area is 137 Å². The van der Waals surface area contributed by atoms with E-state index in [4.69, 9.17) is 0 Å². The summed E-state index contributed by atoms with van der Waals surface area (Å²) >= 11 is 0. The molecule has 0 saturated carbocycles. The van der Waals surface area contributed by atoms with Crippen molar-refractivity contribution < 1.29 is 13.6 Å². The maximum atomic E-state index is 13.6. The van der Waals surface area contributed by atoms with Gasteiger partial charge in [-0.05, 0) is 60.9 Å². The van der Waals surface area contributed by atoms with Crippen molar-refractivity contribution >= 4 is 16.8 Å². The molecule has 0 bridgehead atoms. The number of hydrogen-bond acceptors (Lipinski definition) is 1. The Morgan fingerprint density at radius 2 is 1.88 bits per heavy atom. The maximum Gasteiger partial charge on any atom is 0.270 e. The molecule has 122 valence electrons. The normalized spacial score (nSPS) is 17.1. The standard InChI is InChI=1S/C19H16F2N2O/c1-11-16-10-15(21)3-2-12(16)6-7-23(11)19(24)18-9-13-8-14(20)4-5-17(13)22-18/h2-5,8-11,22H,6-7H2,1H3. The number of rotatable bonds is 1. The third-order valence-corrected chi connectivity index (χ3v) is 4.72. The van der Waals surface area contributed by atoms with E-state index in [0.29, 0.717) is 24.0 Å². The zero-order chi connectivity index (χ0) is 16.8. The lowest BCUT2D eigenvalue weighted by Gasteiger charge is -2.35. The summed E-state index contributed by atoms with van der Waals surface area (Å²) < 4.78 is 26.9. The fraction of sp³-hybridized carbons (Fsp3) is 0.211. The van der Waals surface area contributed by atoms with Gasteiger partial charge in [0, 0.05) is 17.4 Å². The Balaban J connectivity index is 1.68. The van der Waals surface area contributed by atoms with Crippen molar-refractivity contribution in [2.24, 2.45) is 0 Å². The molecule has 0 radical (unpaired) electrons. The van der Waals surface area contributed by atoms with Gasteiger partial charge in [-0.2, -0.15) is 0 Å². The van der Waals surface area contributed by atoms with E-state index in [1.165, 1.54) is 24.3 Å². The number of hydrogen-bond donors (Lipinski definition) is 1. The monoisotopic (exact) mass is 326 g/mol. The predicted octanol–water partition coefficient (Wildman–Crippen LogP) is 4.21. The van der Waals surface area contributed by atoms with Gasteiger partial charge in [0.1, 0.15) is 17.3 Å². The van der Waals surface area contributed by atoms with Crippen LogP contribution in [-0.4, -0.2) is 22.3 Å². The summed E-state index contributed by atoms with van der Waals surface area (Å²) in [6.07, 6.45) is 0.695. The fourth-order valence-electron chi connectivity index (χ4n) is 3.44. The smallest absolute Gasteiger partial charge is 0.270 e. The Bertz CT molecular complexity index is 948. The van der Waals surface area contributed by atoms with Crippen molar-refractivity contribution in [2.45, 2.75) is 19.4 Å². The van der Waals surface area contributed by atoms with Crippen molar-refractivity contribution in [2.75, 3.05) is 6.54 Å². The van der Waals surface area contributed by atoms with E-state index >= 15 is 0 Å². The highest BCUT2D eigenvalue weighted by Gasteiger charge is 2.29. The first-order valence-corrected chi connectivity index (χ1v) is 7.90. The summed E-state index contributed by atoms with van der Waals surface area (Å²) in [6, 6.07) is 10.6. The van der Waals surface area contributed by atoms with E-state index in [2.05, 4.69) is 4.98 Å². The van der Waals surface area contributed by atoms with Crippen LogP contribution in [0, 0.1) is 11.6 Å². The number of fused-ring (bicyclic) bond motifs is 2. The number of amides is 1. The van der Waals surface area contributed by atoms with E-state index in [0.717, 1.165) is 16.6 Å². The van der Waals surface area contributed by atoms with Gasteiger partial charge in [-0.15, -0.1) is 0 Å². The predicted molar refractivity (Wildman–Crippen MR) is 87.8 cm³/mol. The third kappa shape index (κ3) is 2.37. The van der Waals surface area contributed by atoms with Gasteiger partial charge in [0.2, 0.25) is 0 Å². The van der Waals surface area contributed by atoms with Crippen molar-refractivity contribution in [1.82, 2.24) is 9.88 Å². The molecular weight excluding hydrogens is 310 g/mol. The molecule has 0 saturated heterocycles. The highest BCUT2D eigenvalue weighted by molar-refractivity contribution is 5.98. The van der Waals surface area contributed by atoms with Gasteiger partial charge in [0.15, 0.2) is 0 Å². The lowest BCUT2D eigenvalue weighted by molar-refractivity contribution is 0.0672. The van der Waals surface area contributed by atoms with Crippen LogP contribution in [0.1, 0.15) is 34.6 Å². The molecule has 2 aromatic carbocycles. The number of nitrogens with one attached hydrogen (secondary N) is 1. The highest BCUT2D eigenvalue weighted by Crippen LogP contribution is 2.31. The number of aromatic nitrogens is 1. The van der Waals surface area contributed by atoms with Crippen LogP contribution < -0.4 is 0 Å². The zero-order valence-electron chi connectivity index (χ0n) is 13.1. The Morgan fingerprint density at radius 3 is 2.71 bits per heavy atom. The molecule has 1 N–H and O–H groups in total. The summed E-state index contributed by atoms with van der Waals surface area (Å²) in [5.41, 5.74) is 3.06. The van der Waals surface area contributed by atoms with E-state index in [-0.39, 0.29) is 23.6 Å². The van der Waals surface area contributed by atoms with Gasteiger partial charge in [-0.25, -0.2) is 8.78 Å². The summed E-state index contributed by atoms with van der Waals surface area (Å²) in [5, 5.41) is 0.662. The average molecular weight is 326 g/mol. The number of benzene rings is 2. The molecule has 3 nitrogen and oxygen atoms in total.